The Labute approximate surface area is 218 Å². The molecule has 1 heterocycles. The van der Waals surface area contributed by atoms with Gasteiger partial charge >= 0.3 is 0 Å². The SMILES string of the molecule is COc1cccc(CSc2nnc(C(C)NS(=O)(=O)c3ccc(Br)cc3)n2-c2ccc(C)cc2)c1. The molecule has 10 heteroatoms. The number of thioether (sulfide) groups is 1. The molecule has 0 aliphatic rings. The molecule has 0 radical (unpaired) electrons. The van der Waals surface area contributed by atoms with Crippen LogP contribution in [0.1, 0.15) is 29.9 Å². The summed E-state index contributed by atoms with van der Waals surface area (Å²) in [5.41, 5.74) is 3.06. The molecule has 4 aromatic rings. The molecule has 0 saturated heterocycles. The van der Waals surface area contributed by atoms with Crippen molar-refractivity contribution in [2.24, 2.45) is 0 Å². The van der Waals surface area contributed by atoms with Crippen LogP contribution in [0.15, 0.2) is 87.3 Å². The van der Waals surface area contributed by atoms with Gasteiger partial charge in [0.15, 0.2) is 11.0 Å². The fourth-order valence-corrected chi connectivity index (χ4v) is 5.84. The summed E-state index contributed by atoms with van der Waals surface area (Å²) in [6, 6.07) is 21.7. The van der Waals surface area contributed by atoms with Crippen LogP contribution in [0.3, 0.4) is 0 Å². The number of methoxy groups -OCH3 is 1. The van der Waals surface area contributed by atoms with E-state index in [-0.39, 0.29) is 4.90 Å². The summed E-state index contributed by atoms with van der Waals surface area (Å²) in [6.07, 6.45) is 0. The first-order valence-electron chi connectivity index (χ1n) is 10.8. The van der Waals surface area contributed by atoms with Crippen LogP contribution < -0.4 is 9.46 Å². The molecule has 0 fully saturated rings. The second-order valence-corrected chi connectivity index (χ2v) is 11.5. The second-order valence-electron chi connectivity index (χ2n) is 7.95. The molecule has 1 unspecified atom stereocenters. The van der Waals surface area contributed by atoms with Crippen LogP contribution in [-0.2, 0) is 15.8 Å². The maximum atomic E-state index is 13.0. The van der Waals surface area contributed by atoms with Gasteiger partial charge in [-0.25, -0.2) is 13.1 Å². The Hall–Kier alpha value is -2.66. The average molecular weight is 574 g/mol. The van der Waals surface area contributed by atoms with Crippen LogP contribution in [-0.4, -0.2) is 30.3 Å². The summed E-state index contributed by atoms with van der Waals surface area (Å²) in [4.78, 5) is 0.182. The van der Waals surface area contributed by atoms with Crippen LogP contribution in [0, 0.1) is 6.92 Å². The van der Waals surface area contributed by atoms with Gasteiger partial charge in [-0.3, -0.25) is 4.57 Å². The lowest BCUT2D eigenvalue weighted by atomic mass is 10.2. The number of aromatic nitrogens is 3. The van der Waals surface area contributed by atoms with Crippen molar-refractivity contribution < 1.29 is 13.2 Å². The molecular formula is C25H25BrN4O3S2. The Morgan fingerprint density at radius 3 is 2.46 bits per heavy atom. The van der Waals surface area contributed by atoms with Gasteiger partial charge in [-0.2, -0.15) is 0 Å². The molecule has 0 spiro atoms. The maximum Gasteiger partial charge on any atom is 0.241 e. The molecule has 1 N–H and O–H groups in total. The van der Waals surface area contributed by atoms with E-state index >= 15 is 0 Å². The minimum absolute atomic E-state index is 0.182. The lowest BCUT2D eigenvalue weighted by Crippen LogP contribution is -2.28. The first-order valence-corrected chi connectivity index (χ1v) is 14.1. The first-order chi connectivity index (χ1) is 16.8. The number of ether oxygens (including phenoxy) is 1. The third kappa shape index (κ3) is 6.13. The quantitative estimate of drug-likeness (QED) is 0.260. The van der Waals surface area contributed by atoms with E-state index in [1.54, 1.807) is 38.3 Å². The van der Waals surface area contributed by atoms with E-state index < -0.39 is 16.1 Å². The summed E-state index contributed by atoms with van der Waals surface area (Å²) in [6.45, 7) is 3.78. The van der Waals surface area contributed by atoms with Gasteiger partial charge in [-0.15, -0.1) is 10.2 Å². The monoisotopic (exact) mass is 572 g/mol. The molecule has 0 aliphatic heterocycles. The summed E-state index contributed by atoms with van der Waals surface area (Å²) >= 11 is 4.86. The van der Waals surface area contributed by atoms with Crippen LogP contribution in [0.5, 0.6) is 5.75 Å². The van der Waals surface area contributed by atoms with E-state index in [2.05, 4.69) is 30.8 Å². The molecule has 35 heavy (non-hydrogen) atoms. The van der Waals surface area contributed by atoms with Crippen molar-refractivity contribution in [3.8, 4) is 11.4 Å². The highest BCUT2D eigenvalue weighted by Crippen LogP contribution is 2.29. The predicted octanol–water partition coefficient (Wildman–Crippen LogP) is 5.68. The minimum atomic E-state index is -3.76. The largest absolute Gasteiger partial charge is 0.497 e. The third-order valence-corrected chi connectivity index (χ3v) is 8.38. The van der Waals surface area contributed by atoms with Crippen molar-refractivity contribution in [1.82, 2.24) is 19.5 Å². The van der Waals surface area contributed by atoms with Gasteiger partial charge in [-0.05, 0) is 67.9 Å². The number of nitrogens with one attached hydrogen (secondary N) is 1. The number of nitrogens with zero attached hydrogens (tertiary/aromatic N) is 3. The van der Waals surface area contributed by atoms with Crippen molar-refractivity contribution in [1.29, 1.82) is 0 Å². The van der Waals surface area contributed by atoms with Crippen molar-refractivity contribution in [3.63, 3.8) is 0 Å². The Morgan fingerprint density at radius 1 is 1.06 bits per heavy atom. The number of hydrogen-bond donors (Lipinski definition) is 1. The first kappa shape index (κ1) is 25.4. The Morgan fingerprint density at radius 2 is 1.77 bits per heavy atom. The number of hydrogen-bond acceptors (Lipinski definition) is 6. The molecule has 3 aromatic carbocycles. The van der Waals surface area contributed by atoms with Gasteiger partial charge in [0.05, 0.1) is 18.0 Å². The third-order valence-electron chi connectivity index (χ3n) is 5.30. The van der Waals surface area contributed by atoms with Crippen LogP contribution in [0.25, 0.3) is 5.69 Å². The van der Waals surface area contributed by atoms with E-state index in [0.717, 1.165) is 27.0 Å². The van der Waals surface area contributed by atoms with Crippen LogP contribution >= 0.6 is 27.7 Å². The number of aryl methyl sites for hydroxylation is 1. The number of benzene rings is 3. The van der Waals surface area contributed by atoms with E-state index in [0.29, 0.717) is 16.7 Å². The Kier molecular flexibility index (Phi) is 7.95. The fourth-order valence-electron chi connectivity index (χ4n) is 3.47. The van der Waals surface area contributed by atoms with E-state index in [9.17, 15) is 8.42 Å². The maximum absolute atomic E-state index is 13.0. The lowest BCUT2D eigenvalue weighted by Gasteiger charge is -2.17. The summed E-state index contributed by atoms with van der Waals surface area (Å²) < 4.78 is 36.8. The zero-order valence-electron chi connectivity index (χ0n) is 19.5. The Balaban J connectivity index is 1.65. The van der Waals surface area contributed by atoms with Crippen molar-refractivity contribution in [2.45, 2.75) is 35.7 Å². The number of sulfonamides is 1. The van der Waals surface area contributed by atoms with Crippen molar-refractivity contribution >= 4 is 37.7 Å². The second kappa shape index (κ2) is 10.9. The summed E-state index contributed by atoms with van der Waals surface area (Å²) in [5, 5.41) is 9.47. The smallest absolute Gasteiger partial charge is 0.241 e. The molecule has 1 atom stereocenters. The Bertz CT molecular complexity index is 1410. The molecule has 7 nitrogen and oxygen atoms in total. The van der Waals surface area contributed by atoms with E-state index in [1.807, 2.05) is 60.0 Å². The van der Waals surface area contributed by atoms with Crippen LogP contribution in [0.2, 0.25) is 0 Å². The van der Waals surface area contributed by atoms with E-state index in [4.69, 9.17) is 4.74 Å². The number of rotatable bonds is 9. The minimum Gasteiger partial charge on any atom is -0.497 e. The zero-order valence-corrected chi connectivity index (χ0v) is 22.7. The standard InChI is InChI=1S/C25H25BrN4O3S2/c1-17-7-11-21(12-8-17)30-24(18(2)29-35(31,32)23-13-9-20(26)10-14-23)27-28-25(30)34-16-19-5-4-6-22(15-19)33-3/h4-15,18,29H,16H2,1-3H3. The normalized spacial score (nSPS) is 12.5. The van der Waals surface area contributed by atoms with Gasteiger partial charge in [0.25, 0.3) is 0 Å². The lowest BCUT2D eigenvalue weighted by molar-refractivity contribution is 0.414. The molecule has 182 valence electrons. The average Bonchev–Trinajstić information content (AvgIpc) is 3.27. The van der Waals surface area contributed by atoms with Crippen molar-refractivity contribution in [3.05, 3.63) is 94.2 Å². The van der Waals surface area contributed by atoms with E-state index in [1.165, 1.54) is 11.8 Å². The van der Waals surface area contributed by atoms with Crippen molar-refractivity contribution in [2.75, 3.05) is 7.11 Å². The molecule has 0 amide bonds. The van der Waals surface area contributed by atoms with Gasteiger partial charge in [0, 0.05) is 15.9 Å². The van der Waals surface area contributed by atoms with Gasteiger partial charge in [0.1, 0.15) is 5.75 Å². The molecule has 0 bridgehead atoms. The zero-order chi connectivity index (χ0) is 25.0. The van der Waals surface area contributed by atoms with Gasteiger partial charge < -0.3 is 4.74 Å². The summed E-state index contributed by atoms with van der Waals surface area (Å²) in [7, 11) is -2.11. The van der Waals surface area contributed by atoms with Crippen LogP contribution in [0.4, 0.5) is 0 Å². The number of halogens is 1. The molecule has 0 aliphatic carbocycles. The van der Waals surface area contributed by atoms with Gasteiger partial charge in [-0.1, -0.05) is 57.5 Å². The highest BCUT2D eigenvalue weighted by molar-refractivity contribution is 9.10. The molecule has 1 aromatic heterocycles. The molecular weight excluding hydrogens is 548 g/mol. The topological polar surface area (TPSA) is 86.1 Å². The van der Waals surface area contributed by atoms with Gasteiger partial charge in [0.2, 0.25) is 10.0 Å². The molecule has 4 rings (SSSR count). The highest BCUT2D eigenvalue weighted by atomic mass is 79.9. The fraction of sp³-hybridized carbons (Fsp3) is 0.200. The predicted molar refractivity (Wildman–Crippen MR) is 142 cm³/mol. The molecule has 0 saturated carbocycles. The summed E-state index contributed by atoms with van der Waals surface area (Å²) in [5.74, 6) is 1.95. The highest BCUT2D eigenvalue weighted by Gasteiger charge is 2.25.